The number of hydrogen-bond acceptors (Lipinski definition) is 3. The summed E-state index contributed by atoms with van der Waals surface area (Å²) in [7, 11) is 0. The molecule has 2 aromatic rings. The van der Waals surface area contributed by atoms with E-state index in [9.17, 15) is 0 Å². The molecule has 160 valence electrons. The number of fused-ring (bicyclic) bond motifs is 1. The molecule has 0 amide bonds. The zero-order valence-corrected chi connectivity index (χ0v) is 20.4. The first-order valence-electron chi connectivity index (χ1n) is 10.6. The van der Waals surface area contributed by atoms with Crippen molar-refractivity contribution in [2.24, 2.45) is 4.99 Å². The fourth-order valence-corrected chi connectivity index (χ4v) is 3.63. The van der Waals surface area contributed by atoms with Crippen molar-refractivity contribution in [1.29, 1.82) is 0 Å². The van der Waals surface area contributed by atoms with Crippen molar-refractivity contribution in [2.45, 2.75) is 71.9 Å². The third-order valence-electron chi connectivity index (χ3n) is 5.18. The van der Waals surface area contributed by atoms with Crippen LogP contribution in [-0.4, -0.2) is 33.8 Å². The Morgan fingerprint density at radius 1 is 1.28 bits per heavy atom. The number of rotatable bonds is 7. The van der Waals surface area contributed by atoms with Gasteiger partial charge >= 0.3 is 0 Å². The standard InChI is InChI=1S/C22H34N6.HI/c1-5-23-22(26-20-9-7-15-28-21(20)25-17(4)27-28)24-14-6-8-18-10-12-19(13-11-18)16(2)3;/h10-13,16,20H,5-9,14-15H2,1-4H3,(H2,23,24,26);1H. The second-order valence-electron chi connectivity index (χ2n) is 7.84. The Hall–Kier alpha value is -1.64. The largest absolute Gasteiger partial charge is 0.357 e. The van der Waals surface area contributed by atoms with Gasteiger partial charge in [-0.2, -0.15) is 5.10 Å². The highest BCUT2D eigenvalue weighted by Gasteiger charge is 2.24. The van der Waals surface area contributed by atoms with Crippen LogP contribution < -0.4 is 10.6 Å². The molecule has 0 radical (unpaired) electrons. The smallest absolute Gasteiger partial charge is 0.191 e. The van der Waals surface area contributed by atoms with Gasteiger partial charge in [0, 0.05) is 19.6 Å². The van der Waals surface area contributed by atoms with Crippen LogP contribution in [0.25, 0.3) is 0 Å². The summed E-state index contributed by atoms with van der Waals surface area (Å²) in [4.78, 5) is 9.39. The van der Waals surface area contributed by atoms with Crippen molar-refractivity contribution in [3.05, 3.63) is 47.0 Å². The maximum atomic E-state index is 4.79. The number of halogens is 1. The van der Waals surface area contributed by atoms with Gasteiger partial charge in [0.05, 0.1) is 6.04 Å². The summed E-state index contributed by atoms with van der Waals surface area (Å²) in [6, 6.07) is 9.17. The van der Waals surface area contributed by atoms with Crippen molar-refractivity contribution < 1.29 is 0 Å². The maximum Gasteiger partial charge on any atom is 0.191 e. The molecular weight excluding hydrogens is 475 g/mol. The lowest BCUT2D eigenvalue weighted by molar-refractivity contribution is 0.397. The summed E-state index contributed by atoms with van der Waals surface area (Å²) in [5, 5.41) is 11.4. The number of nitrogens with zero attached hydrogens (tertiary/aromatic N) is 4. The predicted octanol–water partition coefficient (Wildman–Crippen LogP) is 4.35. The van der Waals surface area contributed by atoms with E-state index in [0.717, 1.165) is 62.9 Å². The molecule has 1 aromatic heterocycles. The lowest BCUT2D eigenvalue weighted by Crippen LogP contribution is -2.41. The average Bonchev–Trinajstić information content (AvgIpc) is 3.07. The first-order valence-corrected chi connectivity index (χ1v) is 10.6. The molecule has 7 heteroatoms. The highest BCUT2D eigenvalue weighted by molar-refractivity contribution is 14.0. The molecule has 2 heterocycles. The second kappa shape index (κ2) is 11.5. The highest BCUT2D eigenvalue weighted by Crippen LogP contribution is 2.22. The molecule has 1 atom stereocenters. The third kappa shape index (κ3) is 6.69. The summed E-state index contributed by atoms with van der Waals surface area (Å²) < 4.78 is 2.03. The number of aromatic nitrogens is 3. The van der Waals surface area contributed by atoms with Gasteiger partial charge < -0.3 is 10.6 Å². The van der Waals surface area contributed by atoms with Crippen LogP contribution in [0.3, 0.4) is 0 Å². The van der Waals surface area contributed by atoms with Crippen molar-refractivity contribution in [3.8, 4) is 0 Å². The van der Waals surface area contributed by atoms with Gasteiger partial charge in [0.25, 0.3) is 0 Å². The number of hydrogen-bond donors (Lipinski definition) is 2. The fraction of sp³-hybridized carbons (Fsp3) is 0.591. The SMILES string of the molecule is CCNC(=NCCCc1ccc(C(C)C)cc1)NC1CCCn2nc(C)nc21.I. The summed E-state index contributed by atoms with van der Waals surface area (Å²) in [5.41, 5.74) is 2.78. The van der Waals surface area contributed by atoms with E-state index in [-0.39, 0.29) is 30.0 Å². The summed E-state index contributed by atoms with van der Waals surface area (Å²) >= 11 is 0. The van der Waals surface area contributed by atoms with Crippen LogP contribution in [0.5, 0.6) is 0 Å². The van der Waals surface area contributed by atoms with E-state index in [1.165, 1.54) is 11.1 Å². The van der Waals surface area contributed by atoms with Crippen LogP contribution in [0.15, 0.2) is 29.3 Å². The molecule has 0 fully saturated rings. The van der Waals surface area contributed by atoms with E-state index >= 15 is 0 Å². The van der Waals surface area contributed by atoms with E-state index in [0.29, 0.717) is 5.92 Å². The normalized spacial score (nSPS) is 16.3. The molecule has 0 aliphatic carbocycles. The fourth-order valence-electron chi connectivity index (χ4n) is 3.63. The lowest BCUT2D eigenvalue weighted by Gasteiger charge is -2.25. The maximum absolute atomic E-state index is 4.79. The van der Waals surface area contributed by atoms with Crippen molar-refractivity contribution in [3.63, 3.8) is 0 Å². The van der Waals surface area contributed by atoms with E-state index < -0.39 is 0 Å². The molecule has 2 N–H and O–H groups in total. The molecule has 0 saturated carbocycles. The van der Waals surface area contributed by atoms with Crippen LogP contribution in [-0.2, 0) is 13.0 Å². The first-order chi connectivity index (χ1) is 13.6. The Bertz CT molecular complexity index is 781. The molecule has 0 saturated heterocycles. The number of aryl methyl sites for hydroxylation is 3. The van der Waals surface area contributed by atoms with Crippen LogP contribution in [0.4, 0.5) is 0 Å². The molecule has 3 rings (SSSR count). The highest BCUT2D eigenvalue weighted by atomic mass is 127. The zero-order valence-electron chi connectivity index (χ0n) is 18.1. The van der Waals surface area contributed by atoms with Gasteiger partial charge in [0.15, 0.2) is 5.96 Å². The monoisotopic (exact) mass is 510 g/mol. The molecule has 1 unspecified atom stereocenters. The molecule has 29 heavy (non-hydrogen) atoms. The summed E-state index contributed by atoms with van der Waals surface area (Å²) in [6.45, 7) is 11.1. The van der Waals surface area contributed by atoms with Gasteiger partial charge in [-0.1, -0.05) is 38.1 Å². The third-order valence-corrected chi connectivity index (χ3v) is 5.18. The minimum Gasteiger partial charge on any atom is -0.357 e. The number of nitrogens with one attached hydrogen (secondary N) is 2. The van der Waals surface area contributed by atoms with Gasteiger partial charge in [0.1, 0.15) is 11.6 Å². The Morgan fingerprint density at radius 3 is 2.72 bits per heavy atom. The van der Waals surface area contributed by atoms with Gasteiger partial charge in [0.2, 0.25) is 0 Å². The molecule has 1 aliphatic heterocycles. The predicted molar refractivity (Wildman–Crippen MR) is 130 cm³/mol. The molecule has 1 aromatic carbocycles. The van der Waals surface area contributed by atoms with Crippen LogP contribution in [0.1, 0.15) is 74.8 Å². The van der Waals surface area contributed by atoms with Crippen LogP contribution in [0, 0.1) is 6.92 Å². The van der Waals surface area contributed by atoms with Gasteiger partial charge in [-0.15, -0.1) is 24.0 Å². The van der Waals surface area contributed by atoms with Crippen LogP contribution in [0.2, 0.25) is 0 Å². The van der Waals surface area contributed by atoms with Gasteiger partial charge in [-0.05, 0) is 56.6 Å². The first kappa shape index (κ1) is 23.6. The quantitative estimate of drug-likeness (QED) is 0.252. The average molecular weight is 510 g/mol. The second-order valence-corrected chi connectivity index (χ2v) is 7.84. The van der Waals surface area contributed by atoms with E-state index in [1.807, 2.05) is 11.6 Å². The Morgan fingerprint density at radius 2 is 2.03 bits per heavy atom. The van der Waals surface area contributed by atoms with Crippen molar-refractivity contribution >= 4 is 29.9 Å². The summed E-state index contributed by atoms with van der Waals surface area (Å²) in [6.07, 6.45) is 4.26. The molecular formula is C22H35IN6. The Labute approximate surface area is 192 Å². The van der Waals surface area contributed by atoms with E-state index in [2.05, 4.69) is 65.8 Å². The molecule has 0 bridgehead atoms. The lowest BCUT2D eigenvalue weighted by atomic mass is 10.0. The zero-order chi connectivity index (χ0) is 19.9. The van der Waals surface area contributed by atoms with Crippen molar-refractivity contribution in [1.82, 2.24) is 25.4 Å². The number of aliphatic imine (C=N–C) groups is 1. The molecule has 0 spiro atoms. The Balaban J connectivity index is 0.00000300. The minimum absolute atomic E-state index is 0. The number of benzene rings is 1. The molecule has 6 nitrogen and oxygen atoms in total. The van der Waals surface area contributed by atoms with Gasteiger partial charge in [-0.25, -0.2) is 9.67 Å². The summed E-state index contributed by atoms with van der Waals surface area (Å²) in [5.74, 6) is 3.33. The minimum atomic E-state index is 0. The Kier molecular flexibility index (Phi) is 9.39. The van der Waals surface area contributed by atoms with Crippen molar-refractivity contribution in [2.75, 3.05) is 13.1 Å². The van der Waals surface area contributed by atoms with E-state index in [4.69, 9.17) is 4.99 Å². The molecule has 1 aliphatic rings. The number of guanidine groups is 1. The van der Waals surface area contributed by atoms with Gasteiger partial charge in [-0.3, -0.25) is 4.99 Å². The van der Waals surface area contributed by atoms with Crippen LogP contribution >= 0.6 is 24.0 Å². The van der Waals surface area contributed by atoms with E-state index in [1.54, 1.807) is 0 Å². The topological polar surface area (TPSA) is 67.1 Å².